The largest absolute Gasteiger partial charge is 0.480 e. The molecule has 0 aliphatic heterocycles. The van der Waals surface area contributed by atoms with Crippen molar-refractivity contribution in [2.24, 2.45) is 0 Å². The lowest BCUT2D eigenvalue weighted by Crippen LogP contribution is -2.52. The van der Waals surface area contributed by atoms with Crippen molar-refractivity contribution in [3.8, 4) is 0 Å². The maximum absolute atomic E-state index is 12.4. The Morgan fingerprint density at radius 3 is 2.40 bits per heavy atom. The van der Waals surface area contributed by atoms with Crippen LogP contribution in [0, 0.1) is 0 Å². The highest BCUT2D eigenvalue weighted by molar-refractivity contribution is 5.80. The molecule has 1 aromatic heterocycles. The molecule has 1 aromatic rings. The first-order chi connectivity index (χ1) is 9.21. The van der Waals surface area contributed by atoms with E-state index in [-0.39, 0.29) is 12.6 Å². The number of carboxylic acid groups (broad SMARTS) is 1. The summed E-state index contributed by atoms with van der Waals surface area (Å²) in [6.45, 7) is 5.44. The maximum atomic E-state index is 12.4. The minimum absolute atomic E-state index is 0.325. The number of amides is 2. The molecule has 20 heavy (non-hydrogen) atoms. The molecule has 0 saturated heterocycles. The molecule has 0 unspecified atom stereocenters. The van der Waals surface area contributed by atoms with Crippen molar-refractivity contribution >= 4 is 12.0 Å². The molecular weight excluding hydrogens is 258 g/mol. The lowest BCUT2D eigenvalue weighted by molar-refractivity contribution is -0.138. The zero-order valence-electron chi connectivity index (χ0n) is 12.3. The smallest absolute Gasteiger partial charge is 0.323 e. The SMILES string of the molecule is CN(Cc1ccccn1)C(=O)N(CC(=O)O)C(C)(C)C. The standard InChI is InChI=1S/C14H21N3O3/c1-14(2,3)17(10-12(18)19)13(20)16(4)9-11-7-5-6-8-15-11/h5-8H,9-10H2,1-4H3,(H,18,19). The fourth-order valence-electron chi connectivity index (χ4n) is 1.74. The summed E-state index contributed by atoms with van der Waals surface area (Å²) in [5, 5.41) is 8.94. The van der Waals surface area contributed by atoms with Crippen molar-refractivity contribution in [3.63, 3.8) is 0 Å². The normalized spacial score (nSPS) is 11.0. The van der Waals surface area contributed by atoms with Gasteiger partial charge in [-0.2, -0.15) is 0 Å². The molecule has 0 aliphatic carbocycles. The molecule has 0 saturated carbocycles. The number of carboxylic acids is 1. The average molecular weight is 279 g/mol. The number of rotatable bonds is 4. The molecule has 1 N–H and O–H groups in total. The van der Waals surface area contributed by atoms with E-state index in [1.165, 1.54) is 9.80 Å². The Morgan fingerprint density at radius 2 is 1.95 bits per heavy atom. The Kier molecular flexibility index (Phi) is 5.07. The number of carbonyl (C=O) groups is 2. The Morgan fingerprint density at radius 1 is 1.30 bits per heavy atom. The van der Waals surface area contributed by atoms with Crippen molar-refractivity contribution in [2.75, 3.05) is 13.6 Å². The molecule has 6 heteroatoms. The van der Waals surface area contributed by atoms with E-state index in [0.717, 1.165) is 5.69 Å². The number of aromatic nitrogens is 1. The first-order valence-corrected chi connectivity index (χ1v) is 6.36. The summed E-state index contributed by atoms with van der Waals surface area (Å²) < 4.78 is 0. The van der Waals surface area contributed by atoms with Gasteiger partial charge in [0.2, 0.25) is 0 Å². The number of hydrogen-bond acceptors (Lipinski definition) is 3. The van der Waals surface area contributed by atoms with Gasteiger partial charge in [0.1, 0.15) is 6.54 Å². The fraction of sp³-hybridized carbons (Fsp3) is 0.500. The summed E-state index contributed by atoms with van der Waals surface area (Å²) in [6.07, 6.45) is 1.66. The molecular formula is C14H21N3O3. The highest BCUT2D eigenvalue weighted by atomic mass is 16.4. The van der Waals surface area contributed by atoms with Gasteiger partial charge in [0, 0.05) is 18.8 Å². The highest BCUT2D eigenvalue weighted by Crippen LogP contribution is 2.16. The van der Waals surface area contributed by atoms with Gasteiger partial charge in [-0.1, -0.05) is 6.07 Å². The summed E-state index contributed by atoms with van der Waals surface area (Å²) in [4.78, 5) is 30.3. The molecule has 0 bridgehead atoms. The van der Waals surface area contributed by atoms with Crippen LogP contribution in [-0.2, 0) is 11.3 Å². The predicted molar refractivity (Wildman–Crippen MR) is 75.2 cm³/mol. The number of urea groups is 1. The van der Waals surface area contributed by atoms with Crippen LogP contribution in [0.1, 0.15) is 26.5 Å². The second-order valence-electron chi connectivity index (χ2n) is 5.61. The van der Waals surface area contributed by atoms with E-state index in [0.29, 0.717) is 6.54 Å². The zero-order valence-corrected chi connectivity index (χ0v) is 12.3. The first kappa shape index (κ1) is 15.9. The molecule has 0 fully saturated rings. The monoisotopic (exact) mass is 279 g/mol. The molecule has 0 spiro atoms. The van der Waals surface area contributed by atoms with Crippen LogP contribution >= 0.6 is 0 Å². The van der Waals surface area contributed by atoms with Gasteiger partial charge in [-0.15, -0.1) is 0 Å². The Bertz CT molecular complexity index is 468. The third-order valence-electron chi connectivity index (χ3n) is 2.79. The summed E-state index contributed by atoms with van der Waals surface area (Å²) in [6, 6.07) is 5.14. The van der Waals surface area contributed by atoms with E-state index in [1.807, 2.05) is 32.9 Å². The van der Waals surface area contributed by atoms with Crippen molar-refractivity contribution < 1.29 is 14.7 Å². The van der Waals surface area contributed by atoms with E-state index in [2.05, 4.69) is 4.98 Å². The second kappa shape index (κ2) is 6.36. The topological polar surface area (TPSA) is 73.7 Å². The van der Waals surface area contributed by atoms with Crippen LogP contribution in [0.2, 0.25) is 0 Å². The molecule has 0 atom stereocenters. The van der Waals surface area contributed by atoms with Crippen molar-refractivity contribution in [2.45, 2.75) is 32.9 Å². The summed E-state index contributed by atoms with van der Waals surface area (Å²) >= 11 is 0. The number of hydrogen-bond donors (Lipinski definition) is 1. The van der Waals surface area contributed by atoms with E-state index < -0.39 is 11.5 Å². The third kappa shape index (κ3) is 4.53. The van der Waals surface area contributed by atoms with Crippen LogP contribution in [-0.4, -0.2) is 51.0 Å². The van der Waals surface area contributed by atoms with Crippen molar-refractivity contribution in [3.05, 3.63) is 30.1 Å². The third-order valence-corrected chi connectivity index (χ3v) is 2.79. The number of aliphatic carboxylic acids is 1. The lowest BCUT2D eigenvalue weighted by atomic mass is 10.1. The van der Waals surface area contributed by atoms with E-state index in [9.17, 15) is 9.59 Å². The molecule has 0 aliphatic rings. The van der Waals surface area contributed by atoms with Crippen LogP contribution in [0.4, 0.5) is 4.79 Å². The molecule has 1 rings (SSSR count). The lowest BCUT2D eigenvalue weighted by Gasteiger charge is -2.37. The van der Waals surface area contributed by atoms with Gasteiger partial charge >= 0.3 is 12.0 Å². The Hall–Kier alpha value is -2.11. The van der Waals surface area contributed by atoms with Crippen LogP contribution in [0.15, 0.2) is 24.4 Å². The van der Waals surface area contributed by atoms with Gasteiger partial charge < -0.3 is 14.9 Å². The summed E-state index contributed by atoms with van der Waals surface area (Å²) in [5.74, 6) is -1.03. The molecule has 1 heterocycles. The number of pyridine rings is 1. The molecule has 110 valence electrons. The first-order valence-electron chi connectivity index (χ1n) is 6.36. The van der Waals surface area contributed by atoms with Gasteiger partial charge in [0.15, 0.2) is 0 Å². The quantitative estimate of drug-likeness (QED) is 0.912. The number of carbonyl (C=O) groups excluding carboxylic acids is 1. The summed E-state index contributed by atoms with van der Waals surface area (Å²) in [7, 11) is 1.64. The van der Waals surface area contributed by atoms with Gasteiger partial charge in [0.05, 0.1) is 12.2 Å². The van der Waals surface area contributed by atoms with Crippen molar-refractivity contribution in [1.29, 1.82) is 0 Å². The molecule has 6 nitrogen and oxygen atoms in total. The van der Waals surface area contributed by atoms with Gasteiger partial charge in [-0.3, -0.25) is 9.78 Å². The molecule has 0 radical (unpaired) electrons. The Labute approximate surface area is 119 Å². The Balaban J connectivity index is 2.81. The fourth-order valence-corrected chi connectivity index (χ4v) is 1.74. The van der Waals surface area contributed by atoms with Crippen LogP contribution in [0.3, 0.4) is 0 Å². The molecule has 0 aromatic carbocycles. The van der Waals surface area contributed by atoms with E-state index in [1.54, 1.807) is 19.3 Å². The second-order valence-corrected chi connectivity index (χ2v) is 5.61. The zero-order chi connectivity index (χ0) is 15.3. The van der Waals surface area contributed by atoms with Gasteiger partial charge in [-0.25, -0.2) is 4.79 Å². The number of nitrogens with zero attached hydrogens (tertiary/aromatic N) is 3. The maximum Gasteiger partial charge on any atom is 0.323 e. The predicted octanol–water partition coefficient (Wildman–Crippen LogP) is 1.82. The highest BCUT2D eigenvalue weighted by Gasteiger charge is 2.30. The minimum atomic E-state index is -1.03. The van der Waals surface area contributed by atoms with Gasteiger partial charge in [-0.05, 0) is 32.9 Å². The summed E-state index contributed by atoms with van der Waals surface area (Å²) in [5.41, 5.74) is 0.195. The van der Waals surface area contributed by atoms with Crippen LogP contribution in [0.5, 0.6) is 0 Å². The minimum Gasteiger partial charge on any atom is -0.480 e. The van der Waals surface area contributed by atoms with Crippen molar-refractivity contribution in [1.82, 2.24) is 14.8 Å². The van der Waals surface area contributed by atoms with E-state index in [4.69, 9.17) is 5.11 Å². The van der Waals surface area contributed by atoms with Crippen LogP contribution in [0.25, 0.3) is 0 Å². The molecule has 2 amide bonds. The van der Waals surface area contributed by atoms with Gasteiger partial charge in [0.25, 0.3) is 0 Å². The van der Waals surface area contributed by atoms with Crippen LogP contribution < -0.4 is 0 Å². The van der Waals surface area contributed by atoms with E-state index >= 15 is 0 Å². The average Bonchev–Trinajstić information content (AvgIpc) is 2.34.